The van der Waals surface area contributed by atoms with Crippen molar-refractivity contribution in [2.24, 2.45) is 0 Å². The molecule has 0 aliphatic heterocycles. The molecular weight excluding hydrogens is 842 g/mol. The number of aromatic nitrogens is 3. The molecule has 3 nitrogen and oxygen atoms in total. The maximum absolute atomic E-state index is 2.55. The number of benzene rings is 10. The Bertz CT molecular complexity index is 4140. The monoisotopic (exact) mass is 879 g/mol. The van der Waals surface area contributed by atoms with Crippen LogP contribution in [0.4, 0.5) is 0 Å². The Morgan fingerprint density at radius 1 is 0.281 bits per heavy atom. The van der Waals surface area contributed by atoms with E-state index in [9.17, 15) is 0 Å². The second-order valence-electron chi connectivity index (χ2n) is 16.9. The van der Waals surface area contributed by atoms with Gasteiger partial charge in [0.05, 0.1) is 11.0 Å². The fourth-order valence-corrected chi connectivity index (χ4v) is 13.3. The fourth-order valence-electron chi connectivity index (χ4n) is 10.7. The summed E-state index contributed by atoms with van der Waals surface area (Å²) >= 11 is 0.144. The second kappa shape index (κ2) is 13.8. The Hall–Kier alpha value is -7.88. The predicted octanol–water partition coefficient (Wildman–Crippen LogP) is 15.7. The van der Waals surface area contributed by atoms with Crippen LogP contribution in [0.15, 0.2) is 224 Å². The third-order valence-electron chi connectivity index (χ3n) is 13.4. The number of hydrogen-bond acceptors (Lipinski definition) is 0. The van der Waals surface area contributed by atoms with Crippen LogP contribution >= 0.6 is 0 Å². The normalized spacial score (nSPS) is 12.1. The zero-order valence-corrected chi connectivity index (χ0v) is 36.3. The van der Waals surface area contributed by atoms with Crippen molar-refractivity contribution in [3.05, 3.63) is 224 Å². The molecule has 14 aromatic rings. The summed E-state index contributed by atoms with van der Waals surface area (Å²) in [5, 5.41) is 10.2. The van der Waals surface area contributed by atoms with Gasteiger partial charge in [-0.05, 0) is 12.1 Å². The summed E-state index contributed by atoms with van der Waals surface area (Å²) in [6.07, 6.45) is 0. The van der Waals surface area contributed by atoms with Gasteiger partial charge in [0.25, 0.3) is 0 Å². The van der Waals surface area contributed by atoms with E-state index in [1.165, 1.54) is 113 Å². The van der Waals surface area contributed by atoms with Gasteiger partial charge < -0.3 is 4.57 Å². The standard InChI is InChI=1S/C60H37N3Se/c1-2-15-38(16-3-1)39-17-14-18-40(35-39)43-32-34-56(59-49-23-8-13-28-58(49)64-60(43)59)63-54-27-12-6-21-46(54)48-31-29-42(37-57(48)63)62-53-26-11-7-22-47(53)50-36-41(30-33-55(50)62)61-51-24-9-4-19-44(51)45-20-5-10-25-52(45)61/h1-37H. The quantitative estimate of drug-likeness (QED) is 0.153. The first-order chi connectivity index (χ1) is 31.8. The minimum atomic E-state index is 0.144. The van der Waals surface area contributed by atoms with E-state index in [1.54, 1.807) is 0 Å². The van der Waals surface area contributed by atoms with Gasteiger partial charge in [0.15, 0.2) is 0 Å². The summed E-state index contributed by atoms with van der Waals surface area (Å²) < 4.78 is 10.3. The summed E-state index contributed by atoms with van der Waals surface area (Å²) in [5.74, 6) is 0. The Kier molecular flexibility index (Phi) is 7.70. The Morgan fingerprint density at radius 2 is 0.781 bits per heavy atom. The molecular formula is C60H37N3Se. The predicted molar refractivity (Wildman–Crippen MR) is 272 cm³/mol. The first kappa shape index (κ1) is 35.7. The molecule has 0 saturated carbocycles. The van der Waals surface area contributed by atoms with Crippen LogP contribution in [0.5, 0.6) is 0 Å². The summed E-state index contributed by atoms with van der Waals surface area (Å²) in [7, 11) is 0. The summed E-state index contributed by atoms with van der Waals surface area (Å²) in [4.78, 5) is 0. The van der Waals surface area contributed by atoms with Crippen LogP contribution in [0.2, 0.25) is 0 Å². The summed E-state index contributed by atoms with van der Waals surface area (Å²) in [6.45, 7) is 0. The molecule has 0 aliphatic rings. The molecule has 4 heteroatoms. The van der Waals surface area contributed by atoms with Crippen molar-refractivity contribution >= 4 is 99.2 Å². The molecule has 0 unspecified atom stereocenters. The minimum absolute atomic E-state index is 0.144. The van der Waals surface area contributed by atoms with Crippen LogP contribution in [0, 0.1) is 0 Å². The van der Waals surface area contributed by atoms with Gasteiger partial charge in [0, 0.05) is 10.8 Å². The fraction of sp³-hybridized carbons (Fsp3) is 0. The Balaban J connectivity index is 1.00. The molecule has 0 fully saturated rings. The van der Waals surface area contributed by atoms with Crippen molar-refractivity contribution in [3.63, 3.8) is 0 Å². The van der Waals surface area contributed by atoms with E-state index in [-0.39, 0.29) is 14.5 Å². The van der Waals surface area contributed by atoms with Gasteiger partial charge >= 0.3 is 302 Å². The average Bonchev–Trinajstić information content (AvgIpc) is 4.10. The molecule has 0 aliphatic carbocycles. The van der Waals surface area contributed by atoms with Crippen molar-refractivity contribution in [3.8, 4) is 39.3 Å². The van der Waals surface area contributed by atoms with Crippen molar-refractivity contribution in [1.29, 1.82) is 0 Å². The van der Waals surface area contributed by atoms with Crippen molar-refractivity contribution in [2.45, 2.75) is 0 Å². The maximum atomic E-state index is 2.55. The average molecular weight is 879 g/mol. The zero-order chi connectivity index (χ0) is 41.9. The van der Waals surface area contributed by atoms with Gasteiger partial charge in [-0.3, -0.25) is 0 Å². The van der Waals surface area contributed by atoms with Crippen LogP contribution in [0.25, 0.3) is 124 Å². The van der Waals surface area contributed by atoms with Crippen LogP contribution in [-0.2, 0) is 0 Å². The molecule has 64 heavy (non-hydrogen) atoms. The van der Waals surface area contributed by atoms with Crippen LogP contribution in [0.3, 0.4) is 0 Å². The second-order valence-corrected chi connectivity index (χ2v) is 19.1. The molecule has 14 rings (SSSR count). The van der Waals surface area contributed by atoms with Gasteiger partial charge in [-0.2, -0.15) is 0 Å². The van der Waals surface area contributed by atoms with Crippen molar-refractivity contribution < 1.29 is 0 Å². The van der Waals surface area contributed by atoms with Crippen LogP contribution < -0.4 is 0 Å². The van der Waals surface area contributed by atoms with Gasteiger partial charge in [0.2, 0.25) is 0 Å². The third-order valence-corrected chi connectivity index (χ3v) is 16.0. The van der Waals surface area contributed by atoms with E-state index >= 15 is 0 Å². The molecule has 298 valence electrons. The first-order valence-corrected chi connectivity index (χ1v) is 23.6. The number of nitrogens with zero attached hydrogens (tertiary/aromatic N) is 3. The molecule has 0 bridgehead atoms. The summed E-state index contributed by atoms with van der Waals surface area (Å²) in [5.41, 5.74) is 15.8. The molecule has 0 N–H and O–H groups in total. The van der Waals surface area contributed by atoms with E-state index in [4.69, 9.17) is 0 Å². The van der Waals surface area contributed by atoms with Crippen LogP contribution in [0.1, 0.15) is 0 Å². The molecule has 0 radical (unpaired) electrons. The SMILES string of the molecule is c1ccc(-c2cccc(-c3ccc(-n4c5ccccc5c5ccc(-n6c7ccccc7c7cc(-n8c9ccccc9c9ccccc98)ccc76)cc54)c4c3[se]c3ccccc34)c2)cc1. The van der Waals surface area contributed by atoms with E-state index in [0.717, 1.165) is 11.4 Å². The molecule has 4 aromatic heterocycles. The molecule has 0 amide bonds. The number of fused-ring (bicyclic) bond motifs is 12. The zero-order valence-electron chi connectivity index (χ0n) is 34.6. The van der Waals surface area contributed by atoms with E-state index in [1.807, 2.05) is 0 Å². The van der Waals surface area contributed by atoms with Crippen molar-refractivity contribution in [2.75, 3.05) is 0 Å². The van der Waals surface area contributed by atoms with E-state index in [0.29, 0.717) is 0 Å². The molecule has 0 saturated heterocycles. The molecule has 0 spiro atoms. The van der Waals surface area contributed by atoms with Crippen LogP contribution in [-0.4, -0.2) is 28.2 Å². The van der Waals surface area contributed by atoms with Gasteiger partial charge in [0.1, 0.15) is 0 Å². The first-order valence-electron chi connectivity index (χ1n) is 21.9. The molecule has 4 heterocycles. The Morgan fingerprint density at radius 3 is 1.47 bits per heavy atom. The van der Waals surface area contributed by atoms with Crippen molar-refractivity contribution in [1.82, 2.24) is 13.7 Å². The van der Waals surface area contributed by atoms with E-state index in [2.05, 4.69) is 238 Å². The number of para-hydroxylation sites is 4. The Labute approximate surface area is 374 Å². The van der Waals surface area contributed by atoms with Gasteiger partial charge in [-0.25, -0.2) is 0 Å². The summed E-state index contributed by atoms with van der Waals surface area (Å²) in [6, 6.07) is 83.1. The van der Waals surface area contributed by atoms with E-state index < -0.39 is 0 Å². The molecule has 0 atom stereocenters. The topological polar surface area (TPSA) is 14.8 Å². The van der Waals surface area contributed by atoms with Gasteiger partial charge in [-0.15, -0.1) is 0 Å². The number of rotatable bonds is 5. The van der Waals surface area contributed by atoms with Gasteiger partial charge in [-0.1, -0.05) is 36.4 Å². The number of hydrogen-bond donors (Lipinski definition) is 0. The molecule has 10 aromatic carbocycles. The third kappa shape index (κ3) is 5.15.